The third kappa shape index (κ3) is 4.30. The van der Waals surface area contributed by atoms with Gasteiger partial charge in [0.2, 0.25) is 0 Å². The molecule has 2 atom stereocenters. The molecule has 2 unspecified atom stereocenters. The average Bonchev–Trinajstić information content (AvgIpc) is 2.58. The monoisotopic (exact) mass is 312 g/mol. The third-order valence-electron chi connectivity index (χ3n) is 4.45. The lowest BCUT2D eigenvalue weighted by molar-refractivity contribution is 0.0597. The Hall–Kier alpha value is -1.91. The minimum atomic E-state index is -0.236. The Bertz CT molecular complexity index is 616. The van der Waals surface area contributed by atoms with Crippen molar-refractivity contribution in [2.45, 2.75) is 32.4 Å². The fraction of sp³-hybridized carbons (Fsp3) is 0.421. The Morgan fingerprint density at radius 2 is 2.17 bits per heavy atom. The average molecular weight is 312 g/mol. The first-order valence-corrected chi connectivity index (χ1v) is 8.28. The fourth-order valence-corrected chi connectivity index (χ4v) is 3.14. The molecule has 1 aromatic carbocycles. The Kier molecular flexibility index (Phi) is 5.26. The van der Waals surface area contributed by atoms with E-state index in [2.05, 4.69) is 16.0 Å². The number of aliphatic hydroxyl groups excluding tert-OH is 1. The summed E-state index contributed by atoms with van der Waals surface area (Å²) in [6.45, 7) is 4.76. The third-order valence-corrected chi connectivity index (χ3v) is 4.45. The van der Waals surface area contributed by atoms with Crippen LogP contribution in [0, 0.1) is 5.92 Å². The van der Waals surface area contributed by atoms with Gasteiger partial charge in [-0.3, -0.25) is 9.88 Å². The summed E-state index contributed by atoms with van der Waals surface area (Å²) in [5.74, 6) is 2.00. The molecule has 3 rings (SSSR count). The van der Waals surface area contributed by atoms with E-state index in [-0.39, 0.29) is 6.10 Å². The van der Waals surface area contributed by atoms with Gasteiger partial charge in [-0.05, 0) is 50.4 Å². The molecule has 122 valence electrons. The second-order valence-electron chi connectivity index (χ2n) is 6.28. The van der Waals surface area contributed by atoms with Gasteiger partial charge < -0.3 is 9.84 Å². The number of para-hydroxylation sites is 1. The van der Waals surface area contributed by atoms with E-state index in [0.29, 0.717) is 5.92 Å². The predicted octanol–water partition coefficient (Wildman–Crippen LogP) is 3.47. The molecular formula is C19H24N2O2. The largest absolute Gasteiger partial charge is 0.455 e. The van der Waals surface area contributed by atoms with Gasteiger partial charge >= 0.3 is 0 Å². The number of rotatable bonds is 5. The molecule has 1 aliphatic rings. The van der Waals surface area contributed by atoms with Crippen molar-refractivity contribution in [3.8, 4) is 11.5 Å². The van der Waals surface area contributed by atoms with Crippen LogP contribution in [0.4, 0.5) is 0 Å². The molecule has 0 radical (unpaired) electrons. The highest BCUT2D eigenvalue weighted by molar-refractivity contribution is 5.37. The van der Waals surface area contributed by atoms with Gasteiger partial charge in [0, 0.05) is 24.8 Å². The molecular weight excluding hydrogens is 288 g/mol. The summed E-state index contributed by atoms with van der Waals surface area (Å²) in [6.07, 6.45) is 5.48. The van der Waals surface area contributed by atoms with Gasteiger partial charge in [0.05, 0.1) is 12.3 Å². The van der Waals surface area contributed by atoms with Gasteiger partial charge in [-0.1, -0.05) is 18.2 Å². The van der Waals surface area contributed by atoms with E-state index in [1.807, 2.05) is 37.3 Å². The smallest absolute Gasteiger partial charge is 0.145 e. The molecule has 23 heavy (non-hydrogen) atoms. The van der Waals surface area contributed by atoms with Crippen molar-refractivity contribution in [1.29, 1.82) is 0 Å². The zero-order valence-electron chi connectivity index (χ0n) is 13.6. The highest BCUT2D eigenvalue weighted by Gasteiger charge is 2.24. The van der Waals surface area contributed by atoms with E-state index in [9.17, 15) is 5.11 Å². The van der Waals surface area contributed by atoms with Crippen LogP contribution in [0.5, 0.6) is 11.5 Å². The van der Waals surface area contributed by atoms with Gasteiger partial charge in [0.25, 0.3) is 0 Å². The lowest BCUT2D eigenvalue weighted by atomic mass is 9.93. The van der Waals surface area contributed by atoms with Gasteiger partial charge in [-0.15, -0.1) is 0 Å². The summed E-state index contributed by atoms with van der Waals surface area (Å²) in [7, 11) is 0. The maximum Gasteiger partial charge on any atom is 0.145 e. The number of piperidine rings is 1. The predicted molar refractivity (Wildman–Crippen MR) is 90.4 cm³/mol. The first-order chi connectivity index (χ1) is 11.2. The minimum absolute atomic E-state index is 0.236. The maximum atomic E-state index is 9.85. The molecule has 0 amide bonds. The van der Waals surface area contributed by atoms with E-state index in [1.54, 1.807) is 12.4 Å². The summed E-state index contributed by atoms with van der Waals surface area (Å²) in [6, 6.07) is 11.9. The second kappa shape index (κ2) is 7.57. The number of nitrogens with zero attached hydrogens (tertiary/aromatic N) is 2. The zero-order valence-corrected chi connectivity index (χ0v) is 13.6. The van der Waals surface area contributed by atoms with Crippen LogP contribution in [0.25, 0.3) is 0 Å². The SMILES string of the molecule is CC(O)C1CCCN(Cc2ccccc2Oc2cccnc2)C1. The van der Waals surface area contributed by atoms with Crippen LogP contribution in [-0.2, 0) is 6.54 Å². The fourth-order valence-electron chi connectivity index (χ4n) is 3.14. The number of benzene rings is 1. The molecule has 4 nitrogen and oxygen atoms in total. The Morgan fingerprint density at radius 3 is 2.96 bits per heavy atom. The van der Waals surface area contributed by atoms with Crippen LogP contribution in [0.3, 0.4) is 0 Å². The Balaban J connectivity index is 1.70. The molecule has 1 aromatic heterocycles. The van der Waals surface area contributed by atoms with Crippen molar-refractivity contribution in [3.63, 3.8) is 0 Å². The summed E-state index contributed by atoms with van der Waals surface area (Å²) >= 11 is 0. The van der Waals surface area contributed by atoms with Crippen LogP contribution in [0.1, 0.15) is 25.3 Å². The van der Waals surface area contributed by atoms with Gasteiger partial charge in [-0.25, -0.2) is 0 Å². The van der Waals surface area contributed by atoms with Gasteiger partial charge in [0.1, 0.15) is 11.5 Å². The number of hydrogen-bond donors (Lipinski definition) is 1. The molecule has 1 N–H and O–H groups in total. The van der Waals surface area contributed by atoms with Gasteiger partial charge in [0.15, 0.2) is 0 Å². The van der Waals surface area contributed by atoms with E-state index < -0.39 is 0 Å². The minimum Gasteiger partial charge on any atom is -0.455 e. The normalized spacial score (nSPS) is 20.2. The summed E-state index contributed by atoms with van der Waals surface area (Å²) in [5, 5.41) is 9.85. The lowest BCUT2D eigenvalue weighted by Gasteiger charge is -2.34. The molecule has 0 aliphatic carbocycles. The standard InChI is InChI=1S/C19H24N2O2/c1-15(22)16-7-5-11-21(13-16)14-17-6-2-3-9-19(17)23-18-8-4-10-20-12-18/h2-4,6,8-10,12,15-16,22H,5,7,11,13-14H2,1H3. The number of likely N-dealkylation sites (tertiary alicyclic amines) is 1. The number of pyridine rings is 1. The number of aliphatic hydroxyl groups is 1. The molecule has 1 aliphatic heterocycles. The maximum absolute atomic E-state index is 9.85. The first-order valence-electron chi connectivity index (χ1n) is 8.28. The first kappa shape index (κ1) is 16.0. The highest BCUT2D eigenvalue weighted by atomic mass is 16.5. The molecule has 2 aromatic rings. The van der Waals surface area contributed by atoms with Crippen LogP contribution in [-0.4, -0.2) is 34.2 Å². The lowest BCUT2D eigenvalue weighted by Crippen LogP contribution is -2.39. The Labute approximate surface area is 137 Å². The van der Waals surface area contributed by atoms with Crippen LogP contribution in [0.2, 0.25) is 0 Å². The number of ether oxygens (including phenoxy) is 1. The molecule has 2 heterocycles. The molecule has 1 fully saturated rings. The zero-order chi connectivity index (χ0) is 16.1. The summed E-state index contributed by atoms with van der Waals surface area (Å²) in [4.78, 5) is 6.50. The molecule has 0 saturated carbocycles. The van der Waals surface area contributed by atoms with Crippen molar-refractivity contribution in [3.05, 3.63) is 54.4 Å². The molecule has 4 heteroatoms. The number of hydrogen-bond acceptors (Lipinski definition) is 4. The summed E-state index contributed by atoms with van der Waals surface area (Å²) < 4.78 is 5.99. The van der Waals surface area contributed by atoms with E-state index in [4.69, 9.17) is 4.74 Å². The van der Waals surface area contributed by atoms with Crippen LogP contribution < -0.4 is 4.74 Å². The van der Waals surface area contributed by atoms with E-state index >= 15 is 0 Å². The second-order valence-corrected chi connectivity index (χ2v) is 6.28. The van der Waals surface area contributed by atoms with Crippen molar-refractivity contribution in [2.75, 3.05) is 13.1 Å². The van der Waals surface area contributed by atoms with Crippen molar-refractivity contribution >= 4 is 0 Å². The number of aromatic nitrogens is 1. The molecule has 1 saturated heterocycles. The van der Waals surface area contributed by atoms with E-state index in [1.165, 1.54) is 5.56 Å². The molecule has 0 bridgehead atoms. The summed E-state index contributed by atoms with van der Waals surface area (Å²) in [5.41, 5.74) is 1.17. The quantitative estimate of drug-likeness (QED) is 0.918. The topological polar surface area (TPSA) is 45.6 Å². The van der Waals surface area contributed by atoms with Crippen molar-refractivity contribution in [2.24, 2.45) is 5.92 Å². The van der Waals surface area contributed by atoms with Crippen molar-refractivity contribution in [1.82, 2.24) is 9.88 Å². The van der Waals surface area contributed by atoms with E-state index in [0.717, 1.165) is 44.0 Å². The Morgan fingerprint density at radius 1 is 1.30 bits per heavy atom. The highest BCUT2D eigenvalue weighted by Crippen LogP contribution is 2.28. The van der Waals surface area contributed by atoms with Crippen LogP contribution in [0.15, 0.2) is 48.8 Å². The van der Waals surface area contributed by atoms with Crippen molar-refractivity contribution < 1.29 is 9.84 Å². The molecule has 0 spiro atoms. The van der Waals surface area contributed by atoms with Crippen LogP contribution >= 0.6 is 0 Å². The van der Waals surface area contributed by atoms with Gasteiger partial charge in [-0.2, -0.15) is 0 Å².